The van der Waals surface area contributed by atoms with Gasteiger partial charge in [-0.3, -0.25) is 4.79 Å². The molecule has 1 rings (SSSR count). The lowest BCUT2D eigenvalue weighted by atomic mass is 9.98. The summed E-state index contributed by atoms with van der Waals surface area (Å²) < 4.78 is 4.86. The van der Waals surface area contributed by atoms with Crippen molar-refractivity contribution in [3.63, 3.8) is 0 Å². The van der Waals surface area contributed by atoms with E-state index in [0.717, 1.165) is 38.4 Å². The zero-order valence-corrected chi connectivity index (χ0v) is 10.1. The zero-order valence-electron chi connectivity index (χ0n) is 10.1. The Morgan fingerprint density at radius 1 is 1.38 bits per heavy atom. The minimum absolute atomic E-state index is 0.0836. The number of aldehydes is 1. The molecule has 0 aromatic carbocycles. The third-order valence-electron chi connectivity index (χ3n) is 3.32. The van der Waals surface area contributed by atoms with E-state index in [1.807, 2.05) is 6.92 Å². The lowest BCUT2D eigenvalue weighted by Crippen LogP contribution is -2.04. The van der Waals surface area contributed by atoms with Crippen LogP contribution >= 0.6 is 0 Å². The molecule has 0 aromatic heterocycles. The Labute approximate surface area is 97.5 Å². The van der Waals surface area contributed by atoms with E-state index in [1.54, 1.807) is 0 Å². The van der Waals surface area contributed by atoms with Crippen molar-refractivity contribution in [2.75, 3.05) is 6.61 Å². The van der Waals surface area contributed by atoms with Gasteiger partial charge >= 0.3 is 5.97 Å². The van der Waals surface area contributed by atoms with Crippen LogP contribution in [-0.4, -0.2) is 18.9 Å². The second kappa shape index (κ2) is 7.42. The smallest absolute Gasteiger partial charge is 0.305 e. The Morgan fingerprint density at radius 3 is 2.81 bits per heavy atom. The molecule has 16 heavy (non-hydrogen) atoms. The molecule has 0 radical (unpaired) electrons. The Hall–Kier alpha value is -0.860. The van der Waals surface area contributed by atoms with Crippen LogP contribution in [0.25, 0.3) is 0 Å². The third kappa shape index (κ3) is 4.77. The molecule has 1 fully saturated rings. The van der Waals surface area contributed by atoms with Crippen LogP contribution in [0.1, 0.15) is 51.9 Å². The molecule has 0 amide bonds. The topological polar surface area (TPSA) is 43.4 Å². The van der Waals surface area contributed by atoms with Gasteiger partial charge in [0.05, 0.1) is 6.61 Å². The second-order valence-corrected chi connectivity index (χ2v) is 4.63. The number of esters is 1. The predicted octanol–water partition coefficient (Wildman–Crippen LogP) is 2.73. The average Bonchev–Trinajstić information content (AvgIpc) is 2.73. The predicted molar refractivity (Wildman–Crippen MR) is 62.0 cm³/mol. The molecule has 0 bridgehead atoms. The highest BCUT2D eigenvalue weighted by molar-refractivity contribution is 5.69. The Kier molecular flexibility index (Phi) is 6.12. The van der Waals surface area contributed by atoms with Crippen molar-refractivity contribution in [2.24, 2.45) is 11.8 Å². The first-order valence-electron chi connectivity index (χ1n) is 6.37. The molecule has 3 nitrogen and oxygen atoms in total. The fourth-order valence-electron chi connectivity index (χ4n) is 2.43. The van der Waals surface area contributed by atoms with Crippen LogP contribution in [0.4, 0.5) is 0 Å². The highest BCUT2D eigenvalue weighted by Gasteiger charge is 2.23. The Morgan fingerprint density at radius 2 is 2.19 bits per heavy atom. The quantitative estimate of drug-likeness (QED) is 0.381. The number of rotatable bonds is 7. The molecule has 2 unspecified atom stereocenters. The molecule has 0 heterocycles. The highest BCUT2D eigenvalue weighted by atomic mass is 16.5. The van der Waals surface area contributed by atoms with E-state index < -0.39 is 0 Å². The van der Waals surface area contributed by atoms with Gasteiger partial charge in [-0.2, -0.15) is 0 Å². The first kappa shape index (κ1) is 13.2. The molecular formula is C13H22O3. The first-order valence-corrected chi connectivity index (χ1v) is 6.37. The number of hydrogen-bond donors (Lipinski definition) is 0. The van der Waals surface area contributed by atoms with Crippen molar-refractivity contribution >= 4 is 12.3 Å². The zero-order chi connectivity index (χ0) is 11.8. The van der Waals surface area contributed by atoms with Crippen molar-refractivity contribution in [1.29, 1.82) is 0 Å². The van der Waals surface area contributed by atoms with E-state index in [1.165, 1.54) is 6.42 Å². The van der Waals surface area contributed by atoms with Crippen molar-refractivity contribution in [2.45, 2.75) is 51.9 Å². The van der Waals surface area contributed by atoms with Gasteiger partial charge < -0.3 is 9.53 Å². The number of carbonyl (C=O) groups excluding carboxylic acids is 2. The largest absolute Gasteiger partial charge is 0.466 e. The summed E-state index contributed by atoms with van der Waals surface area (Å²) in [7, 11) is 0. The molecule has 0 spiro atoms. The van der Waals surface area contributed by atoms with Gasteiger partial charge in [-0.25, -0.2) is 0 Å². The number of unbranched alkanes of at least 4 members (excludes halogenated alkanes) is 1. The summed E-state index contributed by atoms with van der Waals surface area (Å²) in [6.45, 7) is 2.30. The van der Waals surface area contributed by atoms with E-state index in [-0.39, 0.29) is 5.97 Å². The summed E-state index contributed by atoms with van der Waals surface area (Å²) in [4.78, 5) is 21.7. The molecule has 92 valence electrons. The summed E-state index contributed by atoms with van der Waals surface area (Å²) in [6.07, 6.45) is 8.09. The van der Waals surface area contributed by atoms with Crippen LogP contribution in [0.15, 0.2) is 0 Å². The van der Waals surface area contributed by atoms with Crippen LogP contribution in [0.5, 0.6) is 0 Å². The van der Waals surface area contributed by atoms with E-state index >= 15 is 0 Å². The maximum Gasteiger partial charge on any atom is 0.305 e. The molecule has 1 aliphatic carbocycles. The first-order chi connectivity index (χ1) is 7.76. The van der Waals surface area contributed by atoms with Gasteiger partial charge in [0.1, 0.15) is 6.29 Å². The van der Waals surface area contributed by atoms with Gasteiger partial charge in [0.2, 0.25) is 0 Å². The van der Waals surface area contributed by atoms with Crippen molar-refractivity contribution in [3.05, 3.63) is 0 Å². The molecular weight excluding hydrogens is 204 g/mol. The minimum Gasteiger partial charge on any atom is -0.466 e. The lowest BCUT2D eigenvalue weighted by molar-refractivity contribution is -0.143. The maximum absolute atomic E-state index is 11.1. The highest BCUT2D eigenvalue weighted by Crippen LogP contribution is 2.32. The second-order valence-electron chi connectivity index (χ2n) is 4.63. The van der Waals surface area contributed by atoms with Crippen LogP contribution in [0.2, 0.25) is 0 Å². The molecule has 0 aromatic rings. The van der Waals surface area contributed by atoms with Gasteiger partial charge in [-0.15, -0.1) is 0 Å². The lowest BCUT2D eigenvalue weighted by Gasteiger charge is -2.08. The van der Waals surface area contributed by atoms with Crippen LogP contribution in [0, 0.1) is 11.8 Å². The summed E-state index contributed by atoms with van der Waals surface area (Å²) in [5, 5.41) is 0. The fraction of sp³-hybridized carbons (Fsp3) is 0.846. The SMILES string of the molecule is CCOC(=O)CCCCC1CCC(C=O)C1. The normalized spacial score (nSPS) is 24.3. The van der Waals surface area contributed by atoms with Crippen molar-refractivity contribution < 1.29 is 14.3 Å². The molecule has 0 aliphatic heterocycles. The molecule has 0 N–H and O–H groups in total. The summed E-state index contributed by atoms with van der Waals surface area (Å²) in [5.41, 5.74) is 0. The van der Waals surface area contributed by atoms with Gasteiger partial charge in [-0.05, 0) is 38.5 Å². The average molecular weight is 226 g/mol. The Balaban J connectivity index is 1.99. The Bertz CT molecular complexity index is 225. The van der Waals surface area contributed by atoms with Crippen LogP contribution in [-0.2, 0) is 14.3 Å². The molecule has 2 atom stereocenters. The molecule has 0 saturated heterocycles. The van der Waals surface area contributed by atoms with E-state index in [2.05, 4.69) is 0 Å². The van der Waals surface area contributed by atoms with Crippen molar-refractivity contribution in [3.8, 4) is 0 Å². The monoisotopic (exact) mass is 226 g/mol. The van der Waals surface area contributed by atoms with Gasteiger partial charge in [-0.1, -0.05) is 12.8 Å². The summed E-state index contributed by atoms with van der Waals surface area (Å²) in [5.74, 6) is 0.923. The van der Waals surface area contributed by atoms with E-state index in [9.17, 15) is 9.59 Å². The van der Waals surface area contributed by atoms with E-state index in [0.29, 0.717) is 24.9 Å². The number of carbonyl (C=O) groups is 2. The minimum atomic E-state index is -0.0836. The molecule has 3 heteroatoms. The van der Waals surface area contributed by atoms with Crippen LogP contribution < -0.4 is 0 Å². The standard InChI is InChI=1S/C13H22O3/c1-2-16-13(15)6-4-3-5-11-7-8-12(9-11)10-14/h10-12H,2-9H2,1H3. The van der Waals surface area contributed by atoms with Gasteiger partial charge in [0.15, 0.2) is 0 Å². The maximum atomic E-state index is 11.1. The third-order valence-corrected chi connectivity index (χ3v) is 3.32. The fourth-order valence-corrected chi connectivity index (χ4v) is 2.43. The molecule has 1 saturated carbocycles. The number of hydrogen-bond acceptors (Lipinski definition) is 3. The van der Waals surface area contributed by atoms with Gasteiger partial charge in [0, 0.05) is 12.3 Å². The molecule has 1 aliphatic rings. The van der Waals surface area contributed by atoms with E-state index in [4.69, 9.17) is 4.74 Å². The summed E-state index contributed by atoms with van der Waals surface area (Å²) in [6, 6.07) is 0. The van der Waals surface area contributed by atoms with Gasteiger partial charge in [0.25, 0.3) is 0 Å². The van der Waals surface area contributed by atoms with Crippen LogP contribution in [0.3, 0.4) is 0 Å². The number of ether oxygens (including phenoxy) is 1. The summed E-state index contributed by atoms with van der Waals surface area (Å²) >= 11 is 0. The van der Waals surface area contributed by atoms with Crippen molar-refractivity contribution in [1.82, 2.24) is 0 Å².